The van der Waals surface area contributed by atoms with E-state index in [1.54, 1.807) is 15.7 Å². The zero-order valence-electron chi connectivity index (χ0n) is 23.9. The molecule has 4 N–H and O–H groups in total. The zero-order valence-corrected chi connectivity index (χ0v) is 23.9. The second kappa shape index (κ2) is 11.8. The molecular formula is C30H37F2N9O. The van der Waals surface area contributed by atoms with Gasteiger partial charge in [0.15, 0.2) is 11.6 Å². The summed E-state index contributed by atoms with van der Waals surface area (Å²) in [5.74, 6) is 7.60. The second-order valence-electron chi connectivity index (χ2n) is 11.2. The summed E-state index contributed by atoms with van der Waals surface area (Å²) in [4.78, 5) is 9.46. The van der Waals surface area contributed by atoms with Crippen molar-refractivity contribution in [3.05, 3.63) is 77.6 Å². The van der Waals surface area contributed by atoms with Crippen LogP contribution in [0.4, 0.5) is 26.1 Å². The summed E-state index contributed by atoms with van der Waals surface area (Å²) in [7, 11) is 0. The maximum atomic E-state index is 13.9. The first-order valence-corrected chi connectivity index (χ1v) is 14.5. The van der Waals surface area contributed by atoms with Gasteiger partial charge in [-0.2, -0.15) is 4.98 Å². The van der Waals surface area contributed by atoms with Crippen molar-refractivity contribution >= 4 is 23.1 Å². The quantitative estimate of drug-likeness (QED) is 0.238. The van der Waals surface area contributed by atoms with Gasteiger partial charge in [-0.05, 0) is 61.6 Å². The number of fused-ring (bicyclic) bond motifs is 1. The van der Waals surface area contributed by atoms with Gasteiger partial charge in [-0.15, -0.1) is 10.2 Å². The Morgan fingerprint density at radius 1 is 1.05 bits per heavy atom. The Kier molecular flexibility index (Phi) is 7.93. The molecule has 0 spiro atoms. The van der Waals surface area contributed by atoms with Crippen LogP contribution >= 0.6 is 0 Å². The number of halogens is 2. The lowest BCUT2D eigenvalue weighted by Gasteiger charge is -2.49. The Balaban J connectivity index is 1.35. The Bertz CT molecular complexity index is 1460. The minimum atomic E-state index is -0.295. The van der Waals surface area contributed by atoms with Crippen LogP contribution in [-0.4, -0.2) is 68.9 Å². The molecule has 12 heteroatoms. The molecule has 10 nitrogen and oxygen atoms in total. The monoisotopic (exact) mass is 577 g/mol. The van der Waals surface area contributed by atoms with Gasteiger partial charge < -0.3 is 15.4 Å². The number of anilines is 3. The average molecular weight is 578 g/mol. The third-order valence-corrected chi connectivity index (χ3v) is 8.47. The number of piperazine rings is 1. The highest BCUT2D eigenvalue weighted by Crippen LogP contribution is 2.38. The molecule has 0 saturated carbocycles. The lowest BCUT2D eigenvalue weighted by molar-refractivity contribution is 0.115. The molecule has 4 heterocycles. The largest absolute Gasteiger partial charge is 0.393 e. The van der Waals surface area contributed by atoms with Crippen molar-refractivity contribution in [2.45, 2.75) is 57.3 Å². The van der Waals surface area contributed by atoms with E-state index in [1.807, 2.05) is 24.3 Å². The maximum absolute atomic E-state index is 13.9. The van der Waals surface area contributed by atoms with Crippen molar-refractivity contribution in [2.75, 3.05) is 41.9 Å². The number of rotatable bonds is 8. The van der Waals surface area contributed by atoms with Gasteiger partial charge in [0.1, 0.15) is 23.6 Å². The third-order valence-electron chi connectivity index (χ3n) is 8.47. The molecule has 0 aliphatic carbocycles. The molecule has 0 amide bonds. The Hall–Kier alpha value is -3.87. The van der Waals surface area contributed by atoms with Crippen LogP contribution in [0.15, 0.2) is 54.9 Å². The molecule has 42 heavy (non-hydrogen) atoms. The fourth-order valence-electron chi connectivity index (χ4n) is 6.35. The number of benzene rings is 2. The molecule has 0 unspecified atom stereocenters. The van der Waals surface area contributed by atoms with E-state index >= 15 is 0 Å². The van der Waals surface area contributed by atoms with Gasteiger partial charge in [0.25, 0.3) is 5.78 Å². The van der Waals surface area contributed by atoms with Crippen LogP contribution in [0.3, 0.4) is 0 Å². The summed E-state index contributed by atoms with van der Waals surface area (Å²) in [5, 5.41) is 9.91. The fraction of sp³-hybridized carbons (Fsp3) is 0.433. The third kappa shape index (κ3) is 5.37. The van der Waals surface area contributed by atoms with Gasteiger partial charge in [0, 0.05) is 31.8 Å². The normalized spacial score (nSPS) is 21.5. The van der Waals surface area contributed by atoms with Crippen molar-refractivity contribution in [1.82, 2.24) is 24.5 Å². The smallest absolute Gasteiger partial charge is 0.258 e. The van der Waals surface area contributed by atoms with E-state index in [4.69, 9.17) is 21.3 Å². The molecule has 0 bridgehead atoms. The van der Waals surface area contributed by atoms with Crippen LogP contribution in [0, 0.1) is 11.6 Å². The standard InChI is InChI=1S/C30H37F2N9O/c1-3-24-16-38(28-26(33)29(40-18-35-37-30(40)36-28)41(34)17-25-5-4-14-42-25)19(2)15-39(24)27(20-6-10-22(31)11-7-20)21-8-12-23(32)13-9-21/h6-13,18-19,24-25,27H,3-5,14-17,33-34H2,1-2H3/t19-,24+,25-/m0/s1. The molecule has 2 fully saturated rings. The number of nitrogen functional groups attached to an aromatic ring is 1. The van der Waals surface area contributed by atoms with Crippen molar-refractivity contribution in [1.29, 1.82) is 0 Å². The summed E-state index contributed by atoms with van der Waals surface area (Å²) < 4.78 is 35.3. The van der Waals surface area contributed by atoms with Crippen LogP contribution in [-0.2, 0) is 4.74 Å². The maximum Gasteiger partial charge on any atom is 0.258 e. The summed E-state index contributed by atoms with van der Waals surface area (Å²) in [6.45, 7) is 6.79. The van der Waals surface area contributed by atoms with Crippen molar-refractivity contribution in [3.63, 3.8) is 0 Å². The minimum Gasteiger partial charge on any atom is -0.393 e. The summed E-state index contributed by atoms with van der Waals surface area (Å²) >= 11 is 0. The minimum absolute atomic E-state index is 0.00592. The van der Waals surface area contributed by atoms with E-state index in [-0.39, 0.29) is 35.9 Å². The summed E-state index contributed by atoms with van der Waals surface area (Å²) in [6.07, 6.45) is 4.38. The number of nitrogens with zero attached hydrogens (tertiary/aromatic N) is 7. The summed E-state index contributed by atoms with van der Waals surface area (Å²) in [6, 6.07) is 13.0. The van der Waals surface area contributed by atoms with Gasteiger partial charge in [-0.3, -0.25) is 9.91 Å². The number of hydrazine groups is 1. The van der Waals surface area contributed by atoms with E-state index in [0.717, 1.165) is 37.0 Å². The molecule has 2 aromatic heterocycles. The van der Waals surface area contributed by atoms with E-state index in [1.165, 1.54) is 24.3 Å². The van der Waals surface area contributed by atoms with Gasteiger partial charge in [-0.1, -0.05) is 31.2 Å². The highest BCUT2D eigenvalue weighted by atomic mass is 19.1. The average Bonchev–Trinajstić information content (AvgIpc) is 3.67. The van der Waals surface area contributed by atoms with Crippen LogP contribution in [0.5, 0.6) is 0 Å². The number of nitrogens with two attached hydrogens (primary N) is 2. The zero-order chi connectivity index (χ0) is 29.4. The van der Waals surface area contributed by atoms with Crippen LogP contribution in [0.2, 0.25) is 0 Å². The number of ether oxygens (including phenoxy) is 1. The topological polar surface area (TPSA) is 114 Å². The lowest BCUT2D eigenvalue weighted by Crippen LogP contribution is -2.58. The Morgan fingerprint density at radius 3 is 2.31 bits per heavy atom. The fourth-order valence-corrected chi connectivity index (χ4v) is 6.35. The van der Waals surface area contributed by atoms with Crippen molar-refractivity contribution < 1.29 is 13.5 Å². The molecule has 2 aliphatic rings. The first-order chi connectivity index (χ1) is 20.3. The number of aromatic nitrogens is 4. The van der Waals surface area contributed by atoms with Crippen molar-refractivity contribution in [3.8, 4) is 0 Å². The molecule has 0 radical (unpaired) electrons. The highest BCUT2D eigenvalue weighted by Gasteiger charge is 2.38. The van der Waals surface area contributed by atoms with E-state index < -0.39 is 0 Å². The van der Waals surface area contributed by atoms with Gasteiger partial charge >= 0.3 is 0 Å². The molecule has 2 aliphatic heterocycles. The lowest BCUT2D eigenvalue weighted by atomic mass is 9.92. The van der Waals surface area contributed by atoms with E-state index in [2.05, 4.69) is 33.8 Å². The van der Waals surface area contributed by atoms with Gasteiger partial charge in [-0.25, -0.2) is 19.0 Å². The van der Waals surface area contributed by atoms with Crippen molar-refractivity contribution in [2.24, 2.45) is 5.84 Å². The first kappa shape index (κ1) is 28.3. The van der Waals surface area contributed by atoms with Gasteiger partial charge in [0.2, 0.25) is 0 Å². The Labute approximate surface area is 243 Å². The predicted molar refractivity (Wildman–Crippen MR) is 158 cm³/mol. The summed E-state index contributed by atoms with van der Waals surface area (Å²) in [5.41, 5.74) is 9.18. The highest BCUT2D eigenvalue weighted by molar-refractivity contribution is 5.79. The van der Waals surface area contributed by atoms with Crippen LogP contribution in [0.1, 0.15) is 50.3 Å². The van der Waals surface area contributed by atoms with Crippen LogP contribution < -0.4 is 21.5 Å². The SMILES string of the molecule is CC[C@@H]1CN(c2nc3nncn3c(N(N)C[C@@H]3CCCO3)c2N)[C@@H](C)CN1C(c1ccc(F)cc1)c1ccc(F)cc1. The molecule has 6 rings (SSSR count). The number of hydrogen-bond donors (Lipinski definition) is 2. The predicted octanol–water partition coefficient (Wildman–Crippen LogP) is 3.92. The van der Waals surface area contributed by atoms with E-state index in [0.29, 0.717) is 42.7 Å². The van der Waals surface area contributed by atoms with Crippen LogP contribution in [0.25, 0.3) is 5.78 Å². The van der Waals surface area contributed by atoms with Gasteiger partial charge in [0.05, 0.1) is 18.7 Å². The molecule has 222 valence electrons. The number of hydrogen-bond acceptors (Lipinski definition) is 9. The molecule has 3 atom stereocenters. The molecular weight excluding hydrogens is 540 g/mol. The molecule has 4 aromatic rings. The van der Waals surface area contributed by atoms with E-state index in [9.17, 15) is 8.78 Å². The first-order valence-electron chi connectivity index (χ1n) is 14.5. The molecule has 2 aromatic carbocycles. The molecule has 2 saturated heterocycles. The Morgan fingerprint density at radius 2 is 1.71 bits per heavy atom. The second-order valence-corrected chi connectivity index (χ2v) is 11.2.